The van der Waals surface area contributed by atoms with Crippen molar-refractivity contribution < 1.29 is 13.2 Å². The minimum Gasteiger partial charge on any atom is -0.377 e. The maximum atomic E-state index is 11.9. The van der Waals surface area contributed by atoms with Crippen molar-refractivity contribution in [2.24, 2.45) is 5.73 Å². The fourth-order valence-electron chi connectivity index (χ4n) is 2.26. The minimum atomic E-state index is -3.28. The topological polar surface area (TPSA) is 81.4 Å². The molecule has 1 heterocycles. The number of ether oxygens (including phenoxy) is 1. The Bertz CT molecular complexity index is 508. The van der Waals surface area contributed by atoms with Gasteiger partial charge in [0.1, 0.15) is 0 Å². The number of hydrogen-bond donors (Lipinski definition) is 2. The molecule has 0 amide bonds. The van der Waals surface area contributed by atoms with Gasteiger partial charge in [-0.1, -0.05) is 24.3 Å². The molecule has 5 nitrogen and oxygen atoms in total. The number of rotatable bonds is 7. The fourth-order valence-corrected chi connectivity index (χ4v) is 3.52. The molecule has 0 aromatic heterocycles. The summed E-state index contributed by atoms with van der Waals surface area (Å²) in [6.45, 7) is 1.61. The van der Waals surface area contributed by atoms with Crippen LogP contribution in [0, 0.1) is 0 Å². The summed E-state index contributed by atoms with van der Waals surface area (Å²) < 4.78 is 31.8. The van der Waals surface area contributed by atoms with Crippen LogP contribution in [0.5, 0.6) is 0 Å². The molecule has 1 unspecified atom stereocenters. The van der Waals surface area contributed by atoms with E-state index in [9.17, 15) is 8.42 Å². The maximum absolute atomic E-state index is 11.9. The predicted octanol–water partition coefficient (Wildman–Crippen LogP) is 0.786. The summed E-state index contributed by atoms with van der Waals surface area (Å²) in [5.74, 6) is 0.0538. The molecule has 1 fully saturated rings. The molecule has 3 N–H and O–H groups in total. The highest BCUT2D eigenvalue weighted by atomic mass is 32.2. The van der Waals surface area contributed by atoms with Gasteiger partial charge in [-0.2, -0.15) is 0 Å². The standard InChI is InChI=1S/C14H22N2O3S/c15-8-7-12-3-5-13(6-4-12)10-16-20(17,18)11-14-2-1-9-19-14/h3-6,14,16H,1-2,7-11,15H2. The van der Waals surface area contributed by atoms with Crippen molar-refractivity contribution in [1.29, 1.82) is 0 Å². The average molecular weight is 298 g/mol. The van der Waals surface area contributed by atoms with Crippen molar-refractivity contribution >= 4 is 10.0 Å². The van der Waals surface area contributed by atoms with Gasteiger partial charge in [0.2, 0.25) is 10.0 Å². The molecule has 0 radical (unpaired) electrons. The van der Waals surface area contributed by atoms with E-state index < -0.39 is 10.0 Å². The van der Waals surface area contributed by atoms with E-state index in [1.54, 1.807) is 0 Å². The molecule has 0 aliphatic carbocycles. The van der Waals surface area contributed by atoms with Crippen LogP contribution < -0.4 is 10.5 Å². The van der Waals surface area contributed by atoms with Gasteiger partial charge in [0.05, 0.1) is 11.9 Å². The van der Waals surface area contributed by atoms with Gasteiger partial charge in [-0.3, -0.25) is 0 Å². The van der Waals surface area contributed by atoms with Gasteiger partial charge in [0.15, 0.2) is 0 Å². The summed E-state index contributed by atoms with van der Waals surface area (Å²) in [6.07, 6.45) is 2.46. The van der Waals surface area contributed by atoms with Gasteiger partial charge in [0, 0.05) is 13.2 Å². The number of sulfonamides is 1. The summed E-state index contributed by atoms with van der Waals surface area (Å²) in [4.78, 5) is 0. The largest absolute Gasteiger partial charge is 0.377 e. The zero-order chi connectivity index (χ0) is 14.4. The predicted molar refractivity (Wildman–Crippen MR) is 78.8 cm³/mol. The quantitative estimate of drug-likeness (QED) is 0.779. The van der Waals surface area contributed by atoms with E-state index in [1.165, 1.54) is 5.56 Å². The van der Waals surface area contributed by atoms with Crippen LogP contribution in [-0.2, 0) is 27.7 Å². The Morgan fingerprint density at radius 2 is 1.95 bits per heavy atom. The molecule has 0 bridgehead atoms. The van der Waals surface area contributed by atoms with E-state index in [-0.39, 0.29) is 11.9 Å². The Hall–Kier alpha value is -0.950. The zero-order valence-electron chi connectivity index (χ0n) is 11.5. The number of nitrogens with two attached hydrogens (primary N) is 1. The fraction of sp³-hybridized carbons (Fsp3) is 0.571. The molecule has 6 heteroatoms. The SMILES string of the molecule is NCCc1ccc(CNS(=O)(=O)CC2CCCO2)cc1. The van der Waals surface area contributed by atoms with Crippen LogP contribution in [0.1, 0.15) is 24.0 Å². The highest BCUT2D eigenvalue weighted by Gasteiger charge is 2.22. The van der Waals surface area contributed by atoms with Crippen LogP contribution in [-0.4, -0.2) is 33.4 Å². The Morgan fingerprint density at radius 3 is 2.55 bits per heavy atom. The van der Waals surface area contributed by atoms with Crippen LogP contribution in [0.3, 0.4) is 0 Å². The van der Waals surface area contributed by atoms with Gasteiger partial charge >= 0.3 is 0 Å². The lowest BCUT2D eigenvalue weighted by atomic mass is 10.1. The van der Waals surface area contributed by atoms with E-state index >= 15 is 0 Å². The smallest absolute Gasteiger partial charge is 0.214 e. The summed E-state index contributed by atoms with van der Waals surface area (Å²) in [5, 5.41) is 0. The molecule has 1 aromatic carbocycles. The first kappa shape index (κ1) is 15.4. The van der Waals surface area contributed by atoms with Crippen molar-refractivity contribution in [2.45, 2.75) is 31.9 Å². The highest BCUT2D eigenvalue weighted by Crippen LogP contribution is 2.13. The summed E-state index contributed by atoms with van der Waals surface area (Å²) >= 11 is 0. The van der Waals surface area contributed by atoms with Gasteiger partial charge in [-0.05, 0) is 36.9 Å². The van der Waals surface area contributed by atoms with E-state index in [4.69, 9.17) is 10.5 Å². The molecule has 1 aliphatic rings. The molecule has 1 saturated heterocycles. The number of hydrogen-bond acceptors (Lipinski definition) is 4. The second kappa shape index (κ2) is 7.17. The minimum absolute atomic E-state index is 0.0538. The summed E-state index contributed by atoms with van der Waals surface area (Å²) in [7, 11) is -3.28. The van der Waals surface area contributed by atoms with E-state index in [0.717, 1.165) is 24.8 Å². The lowest BCUT2D eigenvalue weighted by molar-refractivity contribution is 0.127. The van der Waals surface area contributed by atoms with E-state index in [0.29, 0.717) is 19.7 Å². The molecule has 0 spiro atoms. The Morgan fingerprint density at radius 1 is 1.25 bits per heavy atom. The molecule has 0 saturated carbocycles. The lowest BCUT2D eigenvalue weighted by Crippen LogP contribution is -2.31. The first-order chi connectivity index (χ1) is 9.59. The van der Waals surface area contributed by atoms with Crippen molar-refractivity contribution in [2.75, 3.05) is 18.9 Å². The molecule has 112 valence electrons. The maximum Gasteiger partial charge on any atom is 0.214 e. The third-order valence-corrected chi connectivity index (χ3v) is 4.78. The average Bonchev–Trinajstić information content (AvgIpc) is 2.90. The van der Waals surface area contributed by atoms with Crippen molar-refractivity contribution in [3.8, 4) is 0 Å². The third kappa shape index (κ3) is 4.86. The van der Waals surface area contributed by atoms with Crippen molar-refractivity contribution in [1.82, 2.24) is 4.72 Å². The lowest BCUT2D eigenvalue weighted by Gasteiger charge is -2.11. The molecule has 1 aromatic rings. The van der Waals surface area contributed by atoms with Gasteiger partial charge < -0.3 is 10.5 Å². The zero-order valence-corrected chi connectivity index (χ0v) is 12.4. The second-order valence-corrected chi connectivity index (χ2v) is 6.94. The number of benzene rings is 1. The Balaban J connectivity index is 1.83. The summed E-state index contributed by atoms with van der Waals surface area (Å²) in [5.41, 5.74) is 7.60. The first-order valence-electron chi connectivity index (χ1n) is 6.96. The number of nitrogens with one attached hydrogen (secondary N) is 1. The molecule has 2 rings (SSSR count). The van der Waals surface area contributed by atoms with Crippen LogP contribution in [0.2, 0.25) is 0 Å². The van der Waals surface area contributed by atoms with Crippen LogP contribution in [0.15, 0.2) is 24.3 Å². The molecular weight excluding hydrogens is 276 g/mol. The van der Waals surface area contributed by atoms with E-state index in [1.807, 2.05) is 24.3 Å². The van der Waals surface area contributed by atoms with Crippen molar-refractivity contribution in [3.63, 3.8) is 0 Å². The Labute approximate surface area is 120 Å². The third-order valence-electron chi connectivity index (χ3n) is 3.38. The normalized spacial score (nSPS) is 19.4. The van der Waals surface area contributed by atoms with E-state index in [2.05, 4.69) is 4.72 Å². The highest BCUT2D eigenvalue weighted by molar-refractivity contribution is 7.89. The van der Waals surface area contributed by atoms with Gasteiger partial charge in [-0.15, -0.1) is 0 Å². The molecule has 20 heavy (non-hydrogen) atoms. The molecule has 1 aliphatic heterocycles. The first-order valence-corrected chi connectivity index (χ1v) is 8.61. The van der Waals surface area contributed by atoms with Gasteiger partial charge in [0.25, 0.3) is 0 Å². The molecular formula is C14H22N2O3S. The van der Waals surface area contributed by atoms with Crippen LogP contribution in [0.25, 0.3) is 0 Å². The van der Waals surface area contributed by atoms with Crippen LogP contribution in [0.4, 0.5) is 0 Å². The monoisotopic (exact) mass is 298 g/mol. The summed E-state index contributed by atoms with van der Waals surface area (Å²) in [6, 6.07) is 7.83. The Kier molecular flexibility index (Phi) is 5.54. The second-order valence-electron chi connectivity index (χ2n) is 5.09. The van der Waals surface area contributed by atoms with Crippen molar-refractivity contribution in [3.05, 3.63) is 35.4 Å². The van der Waals surface area contributed by atoms with Gasteiger partial charge in [-0.25, -0.2) is 13.1 Å². The van der Waals surface area contributed by atoms with Crippen LogP contribution >= 0.6 is 0 Å². The molecule has 1 atom stereocenters.